The van der Waals surface area contributed by atoms with Crippen molar-refractivity contribution in [1.82, 2.24) is 34.1 Å². The van der Waals surface area contributed by atoms with Crippen molar-refractivity contribution in [3.63, 3.8) is 0 Å². The molecule has 1 aliphatic carbocycles. The zero-order chi connectivity index (χ0) is 76.7. The summed E-state index contributed by atoms with van der Waals surface area (Å²) >= 11 is 0. The first-order chi connectivity index (χ1) is 49.8. The Morgan fingerprint density at radius 1 is 0.829 bits per heavy atom. The van der Waals surface area contributed by atoms with Crippen LogP contribution >= 0.6 is 7.37 Å². The van der Waals surface area contributed by atoms with Crippen LogP contribution in [0.4, 0.5) is 5.69 Å². The maximum absolute atomic E-state index is 14.4. The molecule has 576 valence electrons. The maximum Gasteiger partial charge on any atom is 0.329 e. The van der Waals surface area contributed by atoms with Crippen LogP contribution in [0.1, 0.15) is 150 Å². The molecule has 7 heterocycles. The fourth-order valence-corrected chi connectivity index (χ4v) is 15.7. The average Bonchev–Trinajstić information content (AvgIpc) is 1.76. The molecule has 0 spiro atoms. The van der Waals surface area contributed by atoms with Crippen LogP contribution in [-0.4, -0.2) is 208 Å². The lowest BCUT2D eigenvalue weighted by atomic mass is 9.78. The Kier molecular flexibility index (Phi) is 30.1. The van der Waals surface area contributed by atoms with Crippen molar-refractivity contribution in [1.29, 1.82) is 0 Å². The Balaban J connectivity index is 0.000000314. The van der Waals surface area contributed by atoms with Crippen molar-refractivity contribution in [2.45, 2.75) is 206 Å². The summed E-state index contributed by atoms with van der Waals surface area (Å²) in [5.74, 6) is -7.00. The maximum atomic E-state index is 14.4. The average molecular weight is 1480 g/mol. The van der Waals surface area contributed by atoms with Crippen LogP contribution in [0.25, 0.3) is 16.9 Å². The van der Waals surface area contributed by atoms with Crippen LogP contribution in [0, 0.1) is 35.5 Å². The molecule has 4 aliphatic heterocycles. The molecule has 15 atom stereocenters. The summed E-state index contributed by atoms with van der Waals surface area (Å²) < 4.78 is 51.3. The number of benzene rings is 1. The van der Waals surface area contributed by atoms with E-state index in [1.807, 2.05) is 57.2 Å². The first-order valence-electron chi connectivity index (χ1n) is 37.3. The molecule has 105 heavy (non-hydrogen) atoms. The minimum Gasteiger partial charge on any atom is -0.460 e. The van der Waals surface area contributed by atoms with Crippen molar-refractivity contribution < 1.29 is 72.1 Å². The number of Topliss-reactive ketones (excluding diaryl/α,β-unsaturated/α-hetero) is 3. The summed E-state index contributed by atoms with van der Waals surface area (Å²) in [4.78, 5) is 104. The third-order valence-electron chi connectivity index (χ3n) is 21.3. The van der Waals surface area contributed by atoms with Gasteiger partial charge in [0, 0.05) is 116 Å². The number of aromatic nitrogens is 5. The molecular formula is C80H115N8O16P. The van der Waals surface area contributed by atoms with Gasteiger partial charge in [-0.3, -0.25) is 28.5 Å². The van der Waals surface area contributed by atoms with E-state index in [1.165, 1.54) is 34.5 Å². The van der Waals surface area contributed by atoms with Crippen LogP contribution < -0.4 is 10.5 Å². The number of esters is 1. The summed E-state index contributed by atoms with van der Waals surface area (Å²) in [6.45, 7) is 25.8. The number of aliphatic hydroxyl groups is 3. The summed E-state index contributed by atoms with van der Waals surface area (Å²) in [5.41, 5.74) is 2.83. The first-order valence-corrected chi connectivity index (χ1v) is 39.8. The number of cyclic esters (lactones) is 1. The van der Waals surface area contributed by atoms with E-state index >= 15 is 0 Å². The number of likely N-dealkylation sites (N-methyl/N-ethyl adjacent to an activating group) is 1. The van der Waals surface area contributed by atoms with Crippen molar-refractivity contribution in [3.8, 4) is 5.82 Å². The number of piperazine rings is 1. The van der Waals surface area contributed by atoms with E-state index in [2.05, 4.69) is 57.7 Å². The lowest BCUT2D eigenvalue weighted by molar-refractivity contribution is -0.265. The molecule has 9 rings (SSSR count). The van der Waals surface area contributed by atoms with Crippen LogP contribution in [0.2, 0.25) is 0 Å². The highest BCUT2D eigenvalue weighted by molar-refractivity contribution is 7.57. The predicted octanol–water partition coefficient (Wildman–Crippen LogP) is 10.1. The van der Waals surface area contributed by atoms with E-state index in [0.29, 0.717) is 92.6 Å². The number of methoxy groups -OCH3 is 3. The molecule has 3 N–H and O–H groups in total. The second-order valence-corrected chi connectivity index (χ2v) is 33.2. The third kappa shape index (κ3) is 22.1. The number of allylic oxidation sites excluding steroid dienone is 7. The number of carbonyl (C=O) groups excluding carboxylic acids is 5. The van der Waals surface area contributed by atoms with Gasteiger partial charge in [-0.2, -0.15) is 0 Å². The van der Waals surface area contributed by atoms with Gasteiger partial charge in [0.1, 0.15) is 46.9 Å². The van der Waals surface area contributed by atoms with Crippen LogP contribution in [0.5, 0.6) is 0 Å². The number of hydrogen-bond acceptors (Lipinski definition) is 21. The number of nitrogens with zero attached hydrogens (tertiary/aromatic N) is 8. The van der Waals surface area contributed by atoms with E-state index in [4.69, 9.17) is 33.2 Å². The normalized spacial score (nSPS) is 29.7. The van der Waals surface area contributed by atoms with E-state index in [0.717, 1.165) is 43.7 Å². The van der Waals surface area contributed by atoms with Crippen LogP contribution in [0.3, 0.4) is 0 Å². The van der Waals surface area contributed by atoms with E-state index in [9.17, 15) is 48.7 Å². The van der Waals surface area contributed by atoms with E-state index in [-0.39, 0.29) is 73.0 Å². The molecule has 25 heteroatoms. The second-order valence-electron chi connectivity index (χ2n) is 30.5. The highest BCUT2D eigenvalue weighted by atomic mass is 31.2. The summed E-state index contributed by atoms with van der Waals surface area (Å²) in [7, 11) is 3.90. The highest BCUT2D eigenvalue weighted by Crippen LogP contribution is 2.45. The molecule has 4 fully saturated rings. The molecule has 1 amide bonds. The molecule has 0 radical (unpaired) electrons. The monoisotopic (exact) mass is 1470 g/mol. The van der Waals surface area contributed by atoms with Gasteiger partial charge in [0.15, 0.2) is 24.6 Å². The SMILES string of the molecule is C=CCn1c(=O)c2cnc(Cc3ccc(N4CCN(C)CC4)cc3)nc2n1-c1cccc(C(C)(C)O)n1.CO[C@H]1C[C@@H]2CC[C@@H](C)[C@@](O)(O2)C(=O)C(=O)N2CCCC[C@H]2C(=O)O[C@H]([C@H](C)C[C@@H]2CC[C@@H](OP(C)(C)=O)[C@H](OC)C2)CC(=O)[C@H](C)/C=C\[C@H](O)[C@H](OC)C(=O)[C@H](C)C[C@@H](C)/C=C\C=CC=C1C. The summed E-state index contributed by atoms with van der Waals surface area (Å²) in [6.07, 6.45) is 16.5. The van der Waals surface area contributed by atoms with E-state index < -0.39 is 90.7 Å². The number of carbonyl (C=O) groups is 5. The number of rotatable bonds is 15. The number of piperidine rings is 1. The Labute approximate surface area is 619 Å². The largest absolute Gasteiger partial charge is 0.460 e. The Bertz CT molecular complexity index is 3870. The summed E-state index contributed by atoms with van der Waals surface area (Å²) in [6, 6.07) is 12.8. The number of hydrogen-bond donors (Lipinski definition) is 3. The molecule has 1 aromatic carbocycles. The fourth-order valence-electron chi connectivity index (χ4n) is 14.9. The van der Waals surface area contributed by atoms with Gasteiger partial charge in [-0.1, -0.05) is 101 Å². The molecular weight excluding hydrogens is 1360 g/mol. The van der Waals surface area contributed by atoms with Gasteiger partial charge in [-0.15, -0.1) is 6.58 Å². The first kappa shape index (κ1) is 83.7. The Morgan fingerprint density at radius 3 is 2.22 bits per heavy atom. The lowest BCUT2D eigenvalue weighted by Crippen LogP contribution is -2.61. The molecule has 3 aromatic heterocycles. The zero-order valence-corrected chi connectivity index (χ0v) is 65.0. The van der Waals surface area contributed by atoms with Crippen molar-refractivity contribution >= 4 is 53.3 Å². The lowest BCUT2D eigenvalue weighted by Gasteiger charge is -2.42. The van der Waals surface area contributed by atoms with Gasteiger partial charge in [0.2, 0.25) is 5.79 Å². The predicted molar refractivity (Wildman–Crippen MR) is 404 cm³/mol. The van der Waals surface area contributed by atoms with Crippen LogP contribution in [-0.2, 0) is 75.3 Å². The molecule has 3 saturated heterocycles. The highest BCUT2D eigenvalue weighted by Gasteiger charge is 2.53. The molecule has 4 aromatic rings. The van der Waals surface area contributed by atoms with Crippen LogP contribution in [0.15, 0.2) is 114 Å². The number of aliphatic hydroxyl groups excluding tert-OH is 1. The minimum absolute atomic E-state index is 0.0153. The number of amides is 1. The van der Waals surface area contributed by atoms with Gasteiger partial charge < -0.3 is 58.2 Å². The standard InChI is InChI=1S/C52H82NO14P.C28H33N7O2/c1-32-17-13-12-14-18-34(3)44(62-7)30-39-23-21-37(6)52(60,66-39)49(57)50(58)53-26-16-15-19-40(53)51(59)65-45(35(4)28-38-22-25-43(46(29-38)63-8)67-68(10,11)61)31-42(55)33(2)20-24-41(54)48(64-9)47(56)36(5)27-32;1-5-13-34-27(36)22-19-29-24(18-20-9-11-21(12-10-20)33-16-14-32(4)15-17-33)31-26(22)35(34)25-8-6-7-23(30-25)28(2,3)37/h12-14,17-18,20,24,32-33,35-41,43-46,48,54,60H,15-16,19,21-23,25-31H2,1-11H3;5-12,19,37H,1,13-18H2,2-4H3/b14-12?,17-13-,24-20-,34-18?;/t32-,33+,35+,36+,37+,38-,39-,40-,41-,43+,44-,45-,46+,48-,52+;/m0./s1. The second kappa shape index (κ2) is 37.7. The van der Waals surface area contributed by atoms with Crippen molar-refractivity contribution in [3.05, 3.63) is 137 Å². The molecule has 0 unspecified atom stereocenters. The number of anilines is 1. The van der Waals surface area contributed by atoms with Gasteiger partial charge in [-0.25, -0.2) is 29.1 Å². The quantitative estimate of drug-likeness (QED) is 0.0431. The molecule has 1 saturated carbocycles. The number of ketones is 3. The minimum atomic E-state index is -2.79. The Morgan fingerprint density at radius 2 is 1.55 bits per heavy atom. The molecule has 5 aliphatic rings. The van der Waals surface area contributed by atoms with Gasteiger partial charge >= 0.3 is 5.97 Å². The molecule has 24 nitrogen and oxygen atoms in total. The van der Waals surface area contributed by atoms with Gasteiger partial charge in [0.25, 0.3) is 17.2 Å². The zero-order valence-electron chi connectivity index (χ0n) is 64.1. The van der Waals surface area contributed by atoms with Crippen molar-refractivity contribution in [2.24, 2.45) is 35.5 Å². The van der Waals surface area contributed by atoms with E-state index in [1.54, 1.807) is 91.3 Å². The summed E-state index contributed by atoms with van der Waals surface area (Å²) in [5, 5.41) is 34.1. The van der Waals surface area contributed by atoms with Crippen molar-refractivity contribution in [2.75, 3.05) is 79.3 Å². The number of fused-ring (bicyclic) bond motifs is 4. The topological polar surface area (TPSA) is 294 Å². The Hall–Kier alpha value is -6.96. The smallest absolute Gasteiger partial charge is 0.329 e. The number of pyridine rings is 1. The third-order valence-corrected chi connectivity index (χ3v) is 22.0. The fraction of sp³-hybridized carbons (Fsp3) is 0.613. The van der Waals surface area contributed by atoms with Gasteiger partial charge in [-0.05, 0) is 145 Å². The molecule has 2 bridgehead atoms. The van der Waals surface area contributed by atoms with Gasteiger partial charge in [0.05, 0.1) is 36.7 Å². The number of ether oxygens (including phenoxy) is 5.